The standard InChI is InChI=1S/C33H25BrF3N3O3S2/c1-19-7-10-22(11-8-19)45(41,42)40-16-13-24-30(40)18-28(36)32(33(24)44-3)43-21-9-12-27(35)25(17-21)29-14-15-39(38-29)20(2)23-5-4-6-26(34)31(23)37/h4-18,20H,1-3H3. The molecule has 0 aliphatic carbocycles. The number of benzene rings is 4. The molecule has 0 aliphatic heterocycles. The Hall–Kier alpha value is -4.00. The molecule has 0 amide bonds. The van der Waals surface area contributed by atoms with E-state index in [0.29, 0.717) is 20.3 Å². The largest absolute Gasteiger partial charge is 0.453 e. The average molecular weight is 713 g/mol. The van der Waals surface area contributed by atoms with E-state index >= 15 is 8.78 Å². The summed E-state index contributed by atoms with van der Waals surface area (Å²) < 4.78 is 81.2. The average Bonchev–Trinajstić information content (AvgIpc) is 3.68. The Kier molecular flexibility index (Phi) is 8.31. The van der Waals surface area contributed by atoms with Gasteiger partial charge < -0.3 is 4.74 Å². The van der Waals surface area contributed by atoms with Crippen molar-refractivity contribution in [1.82, 2.24) is 13.8 Å². The maximum Gasteiger partial charge on any atom is 0.268 e. The molecule has 6 rings (SSSR count). The Labute approximate surface area is 270 Å². The van der Waals surface area contributed by atoms with E-state index in [1.807, 2.05) is 6.92 Å². The first-order valence-corrected chi connectivity index (χ1v) is 17.1. The number of thioether (sulfide) groups is 1. The van der Waals surface area contributed by atoms with E-state index in [1.54, 1.807) is 61.8 Å². The van der Waals surface area contributed by atoms with Crippen LogP contribution in [0.15, 0.2) is 106 Å². The molecular formula is C33H25BrF3N3O3S2. The molecule has 45 heavy (non-hydrogen) atoms. The van der Waals surface area contributed by atoms with Crippen LogP contribution in [0.3, 0.4) is 0 Å². The molecule has 0 aliphatic rings. The molecule has 0 saturated heterocycles. The molecule has 0 spiro atoms. The summed E-state index contributed by atoms with van der Waals surface area (Å²) in [7, 11) is -3.99. The number of ether oxygens (including phenoxy) is 1. The lowest BCUT2D eigenvalue weighted by Crippen LogP contribution is -2.12. The van der Waals surface area contributed by atoms with Gasteiger partial charge in [0.1, 0.15) is 17.4 Å². The molecule has 0 N–H and O–H groups in total. The Morgan fingerprint density at radius 1 is 0.933 bits per heavy atom. The van der Waals surface area contributed by atoms with E-state index in [9.17, 15) is 12.8 Å². The van der Waals surface area contributed by atoms with Gasteiger partial charge in [0.05, 0.1) is 31.5 Å². The maximum absolute atomic E-state index is 15.7. The summed E-state index contributed by atoms with van der Waals surface area (Å²) in [5.41, 5.74) is 1.86. The Morgan fingerprint density at radius 3 is 2.42 bits per heavy atom. The molecule has 0 bridgehead atoms. The third-order valence-corrected chi connectivity index (χ3v) is 10.6. The summed E-state index contributed by atoms with van der Waals surface area (Å²) in [5, 5.41) is 4.96. The van der Waals surface area contributed by atoms with Crippen molar-refractivity contribution in [2.24, 2.45) is 0 Å². The minimum atomic E-state index is -3.99. The molecule has 6 aromatic rings. The number of hydrogen-bond donors (Lipinski definition) is 0. The van der Waals surface area contributed by atoms with Crippen LogP contribution in [0.5, 0.6) is 11.5 Å². The predicted octanol–water partition coefficient (Wildman–Crippen LogP) is 9.35. The molecular weight excluding hydrogens is 687 g/mol. The zero-order chi connectivity index (χ0) is 32.0. The quantitative estimate of drug-likeness (QED) is 0.147. The van der Waals surface area contributed by atoms with Crippen LogP contribution in [0, 0.1) is 24.4 Å². The van der Waals surface area contributed by atoms with E-state index in [0.717, 1.165) is 15.6 Å². The minimum Gasteiger partial charge on any atom is -0.453 e. The van der Waals surface area contributed by atoms with E-state index < -0.39 is 33.5 Å². The third kappa shape index (κ3) is 5.66. The maximum atomic E-state index is 15.7. The van der Waals surface area contributed by atoms with Crippen molar-refractivity contribution < 1.29 is 26.3 Å². The van der Waals surface area contributed by atoms with Crippen LogP contribution in [0.2, 0.25) is 0 Å². The highest BCUT2D eigenvalue weighted by Gasteiger charge is 2.24. The molecule has 0 saturated carbocycles. The fourth-order valence-electron chi connectivity index (χ4n) is 5.07. The van der Waals surface area contributed by atoms with Gasteiger partial charge in [0.25, 0.3) is 10.0 Å². The van der Waals surface area contributed by atoms with Gasteiger partial charge in [-0.3, -0.25) is 4.68 Å². The third-order valence-electron chi connectivity index (χ3n) is 7.47. The lowest BCUT2D eigenvalue weighted by molar-refractivity contribution is 0.432. The van der Waals surface area contributed by atoms with Gasteiger partial charge in [0, 0.05) is 35.0 Å². The second-order valence-electron chi connectivity index (χ2n) is 10.3. The SMILES string of the molecule is CSc1c(Oc2ccc(F)c(-c3ccn(C(C)c4cccc(Br)c4F)n3)c2)c(F)cc2c1ccn2S(=O)(=O)c1ccc(C)cc1. The molecule has 0 radical (unpaired) electrons. The zero-order valence-electron chi connectivity index (χ0n) is 24.1. The highest BCUT2D eigenvalue weighted by atomic mass is 79.9. The Balaban J connectivity index is 1.34. The highest BCUT2D eigenvalue weighted by molar-refractivity contribution is 9.10. The summed E-state index contributed by atoms with van der Waals surface area (Å²) in [6.45, 7) is 3.63. The molecule has 230 valence electrons. The molecule has 4 aromatic carbocycles. The van der Waals surface area contributed by atoms with Gasteiger partial charge >= 0.3 is 0 Å². The highest BCUT2D eigenvalue weighted by Crippen LogP contribution is 2.42. The Bertz CT molecular complexity index is 2180. The summed E-state index contributed by atoms with van der Waals surface area (Å²) in [5.74, 6) is -1.75. The van der Waals surface area contributed by atoms with E-state index in [-0.39, 0.29) is 33.2 Å². The van der Waals surface area contributed by atoms with E-state index in [1.165, 1.54) is 53.0 Å². The van der Waals surface area contributed by atoms with Gasteiger partial charge in [-0.15, -0.1) is 11.8 Å². The minimum absolute atomic E-state index is 0.0782. The van der Waals surface area contributed by atoms with Crippen molar-refractivity contribution >= 4 is 48.6 Å². The van der Waals surface area contributed by atoms with Crippen LogP contribution in [-0.2, 0) is 10.0 Å². The van der Waals surface area contributed by atoms with Crippen LogP contribution in [0.25, 0.3) is 22.2 Å². The topological polar surface area (TPSA) is 66.1 Å². The van der Waals surface area contributed by atoms with Gasteiger partial charge in [-0.05, 0) is 84.6 Å². The van der Waals surface area contributed by atoms with Gasteiger partial charge in [-0.2, -0.15) is 5.10 Å². The second kappa shape index (κ2) is 12.1. The first kappa shape index (κ1) is 31.0. The van der Waals surface area contributed by atoms with Crippen molar-refractivity contribution in [3.05, 3.63) is 124 Å². The fourth-order valence-corrected chi connectivity index (χ4v) is 7.51. The number of halogens is 4. The first-order valence-electron chi connectivity index (χ1n) is 13.7. The summed E-state index contributed by atoms with van der Waals surface area (Å²) in [6.07, 6.45) is 4.74. The van der Waals surface area contributed by atoms with Gasteiger partial charge in [-0.1, -0.05) is 29.8 Å². The van der Waals surface area contributed by atoms with Crippen LogP contribution in [0.1, 0.15) is 24.1 Å². The second-order valence-corrected chi connectivity index (χ2v) is 13.8. The van der Waals surface area contributed by atoms with Gasteiger partial charge in [0.15, 0.2) is 11.6 Å². The van der Waals surface area contributed by atoms with Crippen LogP contribution in [-0.4, -0.2) is 28.4 Å². The van der Waals surface area contributed by atoms with Crippen molar-refractivity contribution in [2.45, 2.75) is 29.7 Å². The van der Waals surface area contributed by atoms with Crippen molar-refractivity contribution in [2.75, 3.05) is 6.26 Å². The smallest absolute Gasteiger partial charge is 0.268 e. The number of hydrogen-bond acceptors (Lipinski definition) is 5. The number of nitrogens with zero attached hydrogens (tertiary/aromatic N) is 3. The predicted molar refractivity (Wildman–Crippen MR) is 173 cm³/mol. The van der Waals surface area contributed by atoms with Crippen molar-refractivity contribution in [3.63, 3.8) is 0 Å². The lowest BCUT2D eigenvalue weighted by atomic mass is 10.1. The number of rotatable bonds is 8. The van der Waals surface area contributed by atoms with E-state index in [2.05, 4.69) is 21.0 Å². The normalized spacial score (nSPS) is 12.5. The summed E-state index contributed by atoms with van der Waals surface area (Å²) >= 11 is 4.39. The van der Waals surface area contributed by atoms with Crippen LogP contribution < -0.4 is 4.74 Å². The Morgan fingerprint density at radius 2 is 1.69 bits per heavy atom. The molecule has 1 unspecified atom stereocenters. The van der Waals surface area contributed by atoms with Gasteiger partial charge in [0.2, 0.25) is 0 Å². The number of aromatic nitrogens is 3. The zero-order valence-corrected chi connectivity index (χ0v) is 27.4. The molecule has 12 heteroatoms. The van der Waals surface area contributed by atoms with Crippen molar-refractivity contribution in [1.29, 1.82) is 0 Å². The molecule has 0 fully saturated rings. The summed E-state index contributed by atoms with van der Waals surface area (Å²) in [4.78, 5) is 0.456. The summed E-state index contributed by atoms with van der Waals surface area (Å²) in [6, 6.07) is 19.2. The van der Waals surface area contributed by atoms with E-state index in [4.69, 9.17) is 4.74 Å². The van der Waals surface area contributed by atoms with Gasteiger partial charge in [-0.25, -0.2) is 25.6 Å². The van der Waals surface area contributed by atoms with Crippen LogP contribution in [0.4, 0.5) is 13.2 Å². The molecule has 2 heterocycles. The molecule has 6 nitrogen and oxygen atoms in total. The molecule has 1 atom stereocenters. The number of aryl methyl sites for hydroxylation is 1. The molecule has 2 aromatic heterocycles. The van der Waals surface area contributed by atoms with Crippen molar-refractivity contribution in [3.8, 4) is 22.8 Å². The monoisotopic (exact) mass is 711 g/mol. The first-order chi connectivity index (χ1) is 21.5. The lowest BCUT2D eigenvalue weighted by Gasteiger charge is -2.15. The fraction of sp³-hybridized carbons (Fsp3) is 0.121. The number of fused-ring (bicyclic) bond motifs is 1. The van der Waals surface area contributed by atoms with Crippen LogP contribution >= 0.6 is 27.7 Å².